The van der Waals surface area contributed by atoms with Crippen LogP contribution in [0.25, 0.3) is 11.0 Å². The molecule has 0 saturated heterocycles. The molecule has 1 unspecified atom stereocenters. The highest BCUT2D eigenvalue weighted by Gasteiger charge is 2.18. The van der Waals surface area contributed by atoms with Gasteiger partial charge in [-0.05, 0) is 25.1 Å². The fourth-order valence-corrected chi connectivity index (χ4v) is 3.93. The van der Waals surface area contributed by atoms with Gasteiger partial charge in [0.2, 0.25) is 10.0 Å². The minimum Gasteiger partial charge on any atom is -0.459 e. The fraction of sp³-hybridized carbons (Fsp3) is 0.176. The third-order valence-corrected chi connectivity index (χ3v) is 6.06. The standard InChI is InChI=1S/C17H16N2O6S2/c1-10(14-6-11-4-2-3-5-13(11)25-14)19-15(20)8-24-17(21)12-7-16(26-9-12)27(18,22)23/h2-7,9-10H,8H2,1H3,(H,19,20)(H2,18,22,23). The first-order valence-electron chi connectivity index (χ1n) is 7.80. The first-order chi connectivity index (χ1) is 12.7. The van der Waals surface area contributed by atoms with Crippen molar-refractivity contribution in [2.24, 2.45) is 5.14 Å². The van der Waals surface area contributed by atoms with Gasteiger partial charge in [-0.2, -0.15) is 0 Å². The molecule has 2 aromatic heterocycles. The van der Waals surface area contributed by atoms with E-state index in [-0.39, 0.29) is 9.77 Å². The van der Waals surface area contributed by atoms with Gasteiger partial charge in [0.1, 0.15) is 15.6 Å². The number of carbonyl (C=O) groups is 2. The summed E-state index contributed by atoms with van der Waals surface area (Å²) in [7, 11) is -3.88. The van der Waals surface area contributed by atoms with Crippen LogP contribution < -0.4 is 10.5 Å². The molecule has 0 spiro atoms. The summed E-state index contributed by atoms with van der Waals surface area (Å²) in [6, 6.07) is 9.98. The Balaban J connectivity index is 1.55. The molecule has 0 saturated carbocycles. The molecule has 142 valence electrons. The summed E-state index contributed by atoms with van der Waals surface area (Å²) >= 11 is 0.802. The molecular formula is C17H16N2O6S2. The van der Waals surface area contributed by atoms with Crippen molar-refractivity contribution in [2.45, 2.75) is 17.2 Å². The molecule has 1 amide bonds. The van der Waals surface area contributed by atoms with Crippen molar-refractivity contribution in [3.05, 3.63) is 53.1 Å². The molecule has 10 heteroatoms. The van der Waals surface area contributed by atoms with Gasteiger partial charge in [-0.1, -0.05) is 18.2 Å². The van der Waals surface area contributed by atoms with Crippen LogP contribution in [0, 0.1) is 0 Å². The number of carbonyl (C=O) groups excluding carboxylic acids is 2. The van der Waals surface area contributed by atoms with Crippen molar-refractivity contribution in [3.8, 4) is 0 Å². The third kappa shape index (κ3) is 4.54. The van der Waals surface area contributed by atoms with Crippen molar-refractivity contribution in [1.82, 2.24) is 5.32 Å². The molecule has 1 aromatic carbocycles. The maximum Gasteiger partial charge on any atom is 0.339 e. The lowest BCUT2D eigenvalue weighted by molar-refractivity contribution is -0.125. The largest absolute Gasteiger partial charge is 0.459 e. The van der Waals surface area contributed by atoms with Gasteiger partial charge in [0.15, 0.2) is 6.61 Å². The van der Waals surface area contributed by atoms with Crippen LogP contribution in [0.15, 0.2) is 50.4 Å². The summed E-state index contributed by atoms with van der Waals surface area (Å²) < 4.78 is 32.9. The van der Waals surface area contributed by atoms with E-state index in [1.54, 1.807) is 6.92 Å². The van der Waals surface area contributed by atoms with Crippen LogP contribution in [0.5, 0.6) is 0 Å². The summed E-state index contributed by atoms with van der Waals surface area (Å²) in [5.41, 5.74) is 0.727. The molecule has 3 N–H and O–H groups in total. The molecule has 0 aliphatic carbocycles. The Morgan fingerprint density at radius 3 is 2.70 bits per heavy atom. The van der Waals surface area contributed by atoms with Crippen LogP contribution in [0.3, 0.4) is 0 Å². The van der Waals surface area contributed by atoms with Gasteiger partial charge < -0.3 is 14.5 Å². The van der Waals surface area contributed by atoms with Crippen molar-refractivity contribution >= 4 is 44.2 Å². The molecule has 0 fully saturated rings. The Morgan fingerprint density at radius 1 is 1.30 bits per heavy atom. The number of hydrogen-bond donors (Lipinski definition) is 2. The fourth-order valence-electron chi connectivity index (χ4n) is 2.36. The Kier molecular flexibility index (Phi) is 5.31. The lowest BCUT2D eigenvalue weighted by Crippen LogP contribution is -2.30. The minimum atomic E-state index is -3.88. The van der Waals surface area contributed by atoms with Crippen molar-refractivity contribution in [1.29, 1.82) is 0 Å². The van der Waals surface area contributed by atoms with Crippen LogP contribution in [0.2, 0.25) is 0 Å². The maximum atomic E-state index is 12.0. The smallest absolute Gasteiger partial charge is 0.339 e. The van der Waals surface area contributed by atoms with E-state index < -0.39 is 34.5 Å². The minimum absolute atomic E-state index is 0.0159. The van der Waals surface area contributed by atoms with Crippen molar-refractivity contribution in [3.63, 3.8) is 0 Å². The summed E-state index contributed by atoms with van der Waals surface area (Å²) in [5.74, 6) is -0.752. The van der Waals surface area contributed by atoms with E-state index in [0.717, 1.165) is 22.8 Å². The predicted octanol–water partition coefficient (Wildman–Crippen LogP) is 2.18. The van der Waals surface area contributed by atoms with E-state index in [0.29, 0.717) is 11.3 Å². The number of sulfonamides is 1. The third-order valence-electron chi connectivity index (χ3n) is 3.67. The molecule has 1 atom stereocenters. The van der Waals surface area contributed by atoms with Gasteiger partial charge in [-0.3, -0.25) is 4.79 Å². The second-order valence-corrected chi connectivity index (χ2v) is 8.45. The first-order valence-corrected chi connectivity index (χ1v) is 10.2. The zero-order valence-electron chi connectivity index (χ0n) is 14.2. The normalized spacial score (nSPS) is 12.7. The monoisotopic (exact) mass is 408 g/mol. The number of ether oxygens (including phenoxy) is 1. The van der Waals surface area contributed by atoms with E-state index in [2.05, 4.69) is 5.32 Å². The highest BCUT2D eigenvalue weighted by atomic mass is 32.2. The second kappa shape index (κ2) is 7.51. The van der Waals surface area contributed by atoms with Crippen LogP contribution in [-0.2, 0) is 19.6 Å². The van der Waals surface area contributed by atoms with E-state index in [1.165, 1.54) is 5.38 Å². The van der Waals surface area contributed by atoms with Gasteiger partial charge in [-0.25, -0.2) is 18.4 Å². The summed E-state index contributed by atoms with van der Waals surface area (Å²) in [4.78, 5) is 23.9. The molecule has 3 aromatic rings. The van der Waals surface area contributed by atoms with E-state index in [4.69, 9.17) is 14.3 Å². The molecule has 3 rings (SSSR count). The van der Waals surface area contributed by atoms with Crippen LogP contribution >= 0.6 is 11.3 Å². The quantitative estimate of drug-likeness (QED) is 0.602. The molecule has 2 heterocycles. The number of primary sulfonamides is 1. The maximum absolute atomic E-state index is 12.0. The van der Waals surface area contributed by atoms with Crippen LogP contribution in [-0.4, -0.2) is 26.9 Å². The SMILES string of the molecule is CC(NC(=O)COC(=O)c1csc(S(N)(=O)=O)c1)c1cc2ccccc2o1. The summed E-state index contributed by atoms with van der Waals surface area (Å²) in [6.45, 7) is 1.23. The van der Waals surface area contributed by atoms with E-state index >= 15 is 0 Å². The number of esters is 1. The van der Waals surface area contributed by atoms with E-state index in [9.17, 15) is 18.0 Å². The zero-order chi connectivity index (χ0) is 19.6. The lowest BCUT2D eigenvalue weighted by atomic mass is 10.2. The van der Waals surface area contributed by atoms with Gasteiger partial charge in [0.05, 0.1) is 11.6 Å². The number of nitrogens with one attached hydrogen (secondary N) is 1. The molecule has 8 nitrogen and oxygen atoms in total. The van der Waals surface area contributed by atoms with Gasteiger partial charge >= 0.3 is 5.97 Å². The number of para-hydroxylation sites is 1. The molecule has 0 radical (unpaired) electrons. The molecule has 27 heavy (non-hydrogen) atoms. The lowest BCUT2D eigenvalue weighted by Gasteiger charge is -2.11. The molecule has 0 aliphatic rings. The van der Waals surface area contributed by atoms with Gasteiger partial charge in [0.25, 0.3) is 5.91 Å². The Morgan fingerprint density at radius 2 is 2.04 bits per heavy atom. The first kappa shape index (κ1) is 19.1. The molecule has 0 aliphatic heterocycles. The predicted molar refractivity (Wildman–Crippen MR) is 98.7 cm³/mol. The zero-order valence-corrected chi connectivity index (χ0v) is 15.8. The number of nitrogens with two attached hydrogens (primary N) is 1. The van der Waals surface area contributed by atoms with Gasteiger partial charge in [-0.15, -0.1) is 11.3 Å². The number of amides is 1. The van der Waals surface area contributed by atoms with Crippen molar-refractivity contribution < 1.29 is 27.2 Å². The van der Waals surface area contributed by atoms with Crippen LogP contribution in [0.4, 0.5) is 0 Å². The number of furan rings is 1. The molecule has 0 bridgehead atoms. The Labute approximate surface area is 159 Å². The number of fused-ring (bicyclic) bond motifs is 1. The molecular weight excluding hydrogens is 392 g/mol. The Bertz CT molecular complexity index is 1070. The van der Waals surface area contributed by atoms with Crippen LogP contribution in [0.1, 0.15) is 29.1 Å². The van der Waals surface area contributed by atoms with Crippen molar-refractivity contribution in [2.75, 3.05) is 6.61 Å². The number of hydrogen-bond acceptors (Lipinski definition) is 7. The second-order valence-electron chi connectivity index (χ2n) is 5.75. The topological polar surface area (TPSA) is 129 Å². The summed E-state index contributed by atoms with van der Waals surface area (Å²) in [5, 5.41) is 9.88. The summed E-state index contributed by atoms with van der Waals surface area (Å²) in [6.07, 6.45) is 0. The Hall–Kier alpha value is -2.69. The number of benzene rings is 1. The number of thiophene rings is 1. The highest BCUT2D eigenvalue weighted by molar-refractivity contribution is 7.91. The average molecular weight is 408 g/mol. The average Bonchev–Trinajstić information content (AvgIpc) is 3.26. The van der Waals surface area contributed by atoms with E-state index in [1.807, 2.05) is 30.3 Å². The number of rotatable bonds is 6. The highest BCUT2D eigenvalue weighted by Crippen LogP contribution is 2.23. The van der Waals surface area contributed by atoms with Gasteiger partial charge in [0, 0.05) is 10.8 Å².